The predicted octanol–water partition coefficient (Wildman–Crippen LogP) is 1.88. The van der Waals surface area contributed by atoms with Crippen molar-refractivity contribution < 1.29 is 51.0 Å². The molecule has 0 spiro atoms. The second-order valence-electron chi connectivity index (χ2n) is 10.9. The summed E-state index contributed by atoms with van der Waals surface area (Å²) in [4.78, 5) is 5.13. The van der Waals surface area contributed by atoms with Gasteiger partial charge in [-0.15, -0.1) is 0 Å². The molecular formula is C32H34Cl2N2SiZr. The summed E-state index contributed by atoms with van der Waals surface area (Å²) in [5.74, 6) is 0. The van der Waals surface area contributed by atoms with E-state index in [-0.39, 0.29) is 51.0 Å². The summed E-state index contributed by atoms with van der Waals surface area (Å²) < 4.78 is 0. The number of allylic oxidation sites excluding steroid dienone is 6. The summed E-state index contributed by atoms with van der Waals surface area (Å²) in [6, 6.07) is 22.5. The molecule has 194 valence electrons. The minimum absolute atomic E-state index is 0. The molecule has 38 heavy (non-hydrogen) atoms. The molecule has 2 atom stereocenters. The molecule has 2 nitrogen and oxygen atoms in total. The van der Waals surface area contributed by atoms with Gasteiger partial charge in [-0.1, -0.05) is 73.8 Å². The summed E-state index contributed by atoms with van der Waals surface area (Å²) in [6.07, 6.45) is 9.75. The number of rotatable bonds is 4. The molecule has 0 radical (unpaired) electrons. The maximum Gasteiger partial charge on any atom is 2.00 e. The van der Waals surface area contributed by atoms with Crippen molar-refractivity contribution in [3.8, 4) is 0 Å². The first-order valence-corrected chi connectivity index (χ1v) is 15.8. The normalized spacial score (nSPS) is 21.6. The molecular weight excluding hydrogens is 603 g/mol. The number of hydrogen-bond donors (Lipinski definition) is 0. The third-order valence-electron chi connectivity index (χ3n) is 8.01. The molecule has 2 aliphatic heterocycles. The zero-order chi connectivity index (χ0) is 24.5. The molecule has 6 rings (SSSR count). The van der Waals surface area contributed by atoms with Crippen LogP contribution in [0.25, 0.3) is 0 Å². The van der Waals surface area contributed by atoms with Crippen LogP contribution < -0.4 is 34.6 Å². The van der Waals surface area contributed by atoms with Gasteiger partial charge in [0.25, 0.3) is 0 Å². The van der Waals surface area contributed by atoms with Gasteiger partial charge in [0.2, 0.25) is 0 Å². The minimum atomic E-state index is -2.09. The minimum Gasteiger partial charge on any atom is -1.00 e. The van der Waals surface area contributed by atoms with E-state index in [9.17, 15) is 0 Å². The molecule has 0 fully saturated rings. The van der Waals surface area contributed by atoms with Gasteiger partial charge in [-0.3, -0.25) is 0 Å². The van der Waals surface area contributed by atoms with Crippen molar-refractivity contribution in [1.82, 2.24) is 0 Å². The van der Waals surface area contributed by atoms with Crippen LogP contribution in [0.5, 0.6) is 0 Å². The van der Waals surface area contributed by atoms with Gasteiger partial charge in [0.05, 0.1) is 12.1 Å². The maximum atomic E-state index is 2.57. The molecule has 2 aromatic carbocycles. The number of para-hydroxylation sites is 2. The van der Waals surface area contributed by atoms with Crippen LogP contribution in [-0.2, 0) is 26.2 Å². The molecule has 4 aliphatic rings. The summed E-state index contributed by atoms with van der Waals surface area (Å²) in [5, 5.41) is 3.17. The number of anilines is 2. The van der Waals surface area contributed by atoms with Crippen molar-refractivity contribution in [2.24, 2.45) is 0 Å². The van der Waals surface area contributed by atoms with Crippen LogP contribution in [-0.4, -0.2) is 20.2 Å². The van der Waals surface area contributed by atoms with Crippen LogP contribution in [0.3, 0.4) is 0 Å². The van der Waals surface area contributed by atoms with Gasteiger partial charge < -0.3 is 34.6 Å². The Morgan fingerprint density at radius 1 is 0.605 bits per heavy atom. The third-order valence-corrected chi connectivity index (χ3v) is 11.8. The van der Waals surface area contributed by atoms with E-state index < -0.39 is 8.07 Å². The molecule has 0 aromatic heterocycles. The molecule has 2 heterocycles. The number of benzene rings is 2. The molecule has 0 amide bonds. The summed E-state index contributed by atoms with van der Waals surface area (Å²) in [5.41, 5.74) is 11.1. The van der Waals surface area contributed by atoms with Gasteiger partial charge in [0.15, 0.2) is 0 Å². The van der Waals surface area contributed by atoms with Crippen LogP contribution in [0, 0.1) is 0 Å². The standard InChI is InChI=1S/C32H34N2Si.2ClH.Zr/c1-21-17-25-19-23(3)33(27-13-9-7-10-14-27)29(25)31(21)35(5,6)32-22(2)18-26-20-24(4)34(30(26)32)28-15-11-8-12-16-28;;;/h7-20,23-24H,1-6H3;2*1H;/q;;;+2/p-2. The third kappa shape index (κ3) is 4.62. The first-order chi connectivity index (χ1) is 16.8. The first-order valence-electron chi connectivity index (χ1n) is 12.8. The molecule has 0 saturated heterocycles. The fraction of sp³-hybridized carbons (Fsp3) is 0.250. The molecule has 0 saturated carbocycles. The van der Waals surface area contributed by atoms with Crippen molar-refractivity contribution >= 4 is 19.4 Å². The van der Waals surface area contributed by atoms with Gasteiger partial charge in [-0.05, 0) is 84.6 Å². The average Bonchev–Trinajstić information content (AvgIpc) is 3.50. The predicted molar refractivity (Wildman–Crippen MR) is 152 cm³/mol. The topological polar surface area (TPSA) is 6.48 Å². The van der Waals surface area contributed by atoms with Crippen molar-refractivity contribution in [1.29, 1.82) is 0 Å². The van der Waals surface area contributed by atoms with E-state index in [1.807, 2.05) is 0 Å². The largest absolute Gasteiger partial charge is 2.00 e. The Kier molecular flexibility index (Phi) is 9.16. The SMILES string of the molecule is CC1=CC2=CC(C)N(c3ccccc3)C2=C1[Si](C)(C)C1=C2C(=CC(C)N2c2ccccc2)C=C1C.[Cl-].[Cl-].[Zr+2]. The van der Waals surface area contributed by atoms with Crippen LogP contribution >= 0.6 is 0 Å². The van der Waals surface area contributed by atoms with E-state index in [2.05, 4.69) is 136 Å². The molecule has 0 N–H and O–H groups in total. The van der Waals surface area contributed by atoms with Crippen molar-refractivity contribution in [3.63, 3.8) is 0 Å². The molecule has 2 aromatic rings. The number of halogens is 2. The van der Waals surface area contributed by atoms with Gasteiger partial charge >= 0.3 is 26.2 Å². The molecule has 0 bridgehead atoms. The van der Waals surface area contributed by atoms with E-state index in [0.29, 0.717) is 12.1 Å². The Bertz CT molecular complexity index is 1310. The first kappa shape index (κ1) is 30.7. The van der Waals surface area contributed by atoms with E-state index in [0.717, 1.165) is 0 Å². The molecule has 2 aliphatic carbocycles. The second kappa shape index (κ2) is 11.3. The number of hydrogen-bond acceptors (Lipinski definition) is 2. The zero-order valence-corrected chi connectivity index (χ0v) is 27.9. The number of nitrogens with zero attached hydrogens (tertiary/aromatic N) is 2. The summed E-state index contributed by atoms with van der Waals surface area (Å²) in [7, 11) is -2.09. The Morgan fingerprint density at radius 2 is 0.947 bits per heavy atom. The van der Waals surface area contributed by atoms with E-state index >= 15 is 0 Å². The average molecular weight is 637 g/mol. The van der Waals surface area contributed by atoms with Crippen molar-refractivity contribution in [3.05, 3.63) is 129 Å². The Labute approximate surface area is 260 Å². The van der Waals surface area contributed by atoms with Gasteiger partial charge in [-0.2, -0.15) is 0 Å². The quantitative estimate of drug-likeness (QED) is 0.474. The molecule has 2 unspecified atom stereocenters. The van der Waals surface area contributed by atoms with E-state index in [1.54, 1.807) is 10.4 Å². The number of fused-ring (bicyclic) bond motifs is 2. The maximum absolute atomic E-state index is 2.57. The Hall–Kier alpha value is -1.84. The van der Waals surface area contributed by atoms with Crippen LogP contribution in [0.1, 0.15) is 27.7 Å². The smallest absolute Gasteiger partial charge is 1.00 e. The van der Waals surface area contributed by atoms with Gasteiger partial charge in [0, 0.05) is 22.8 Å². The van der Waals surface area contributed by atoms with Crippen LogP contribution in [0.2, 0.25) is 13.1 Å². The second-order valence-corrected chi connectivity index (χ2v) is 15.1. The summed E-state index contributed by atoms with van der Waals surface area (Å²) in [6.45, 7) is 14.4. The van der Waals surface area contributed by atoms with Gasteiger partial charge in [0.1, 0.15) is 8.07 Å². The van der Waals surface area contributed by atoms with E-state index in [1.165, 1.54) is 45.1 Å². The monoisotopic (exact) mass is 634 g/mol. The van der Waals surface area contributed by atoms with Crippen LogP contribution in [0.4, 0.5) is 11.4 Å². The van der Waals surface area contributed by atoms with Crippen molar-refractivity contribution in [2.45, 2.75) is 52.9 Å². The summed E-state index contributed by atoms with van der Waals surface area (Å²) >= 11 is 0. The van der Waals surface area contributed by atoms with Gasteiger partial charge in [-0.25, -0.2) is 0 Å². The van der Waals surface area contributed by atoms with Crippen LogP contribution in [0.15, 0.2) is 129 Å². The van der Waals surface area contributed by atoms with Crippen molar-refractivity contribution in [2.75, 3.05) is 9.80 Å². The Balaban J connectivity index is 0.00000133. The van der Waals surface area contributed by atoms with E-state index in [4.69, 9.17) is 0 Å². The zero-order valence-electron chi connectivity index (χ0n) is 22.9. The fourth-order valence-corrected chi connectivity index (χ4v) is 10.9. The Morgan fingerprint density at radius 3 is 1.29 bits per heavy atom. The molecule has 6 heteroatoms. The fourth-order valence-electron chi connectivity index (χ4n) is 6.87.